The van der Waals surface area contributed by atoms with E-state index in [4.69, 9.17) is 0 Å². The number of amides is 1. The number of imidazole rings is 1. The van der Waals surface area contributed by atoms with Crippen molar-refractivity contribution in [1.29, 1.82) is 0 Å². The molecule has 8 heteroatoms. The van der Waals surface area contributed by atoms with E-state index < -0.39 is 9.84 Å². The van der Waals surface area contributed by atoms with Gasteiger partial charge in [0.1, 0.15) is 6.54 Å². The van der Waals surface area contributed by atoms with E-state index in [1.807, 2.05) is 36.1 Å². The van der Waals surface area contributed by atoms with E-state index >= 15 is 0 Å². The van der Waals surface area contributed by atoms with Crippen LogP contribution in [0.4, 0.5) is 0 Å². The highest BCUT2D eigenvalue weighted by Gasteiger charge is 2.39. The molecule has 7 nitrogen and oxygen atoms in total. The van der Waals surface area contributed by atoms with E-state index in [-0.39, 0.29) is 41.7 Å². The van der Waals surface area contributed by atoms with Crippen LogP contribution >= 0.6 is 0 Å². The minimum absolute atomic E-state index is 0.0386. The standard InChI is InChI=1S/C21H29N3O4S/c1-2-12-22-18-9-5-6-10-19(18)23(21(22)26)14-20(25)24(16-7-3-4-8-16)17-11-13-29(27,28)15-17/h5-6,9-10,16-17H,2-4,7-8,11-15H2,1H3. The van der Waals surface area contributed by atoms with E-state index in [1.54, 1.807) is 9.13 Å². The number of sulfone groups is 1. The van der Waals surface area contributed by atoms with Crippen LogP contribution in [-0.2, 0) is 27.7 Å². The summed E-state index contributed by atoms with van der Waals surface area (Å²) < 4.78 is 27.4. The average Bonchev–Trinajstić information content (AvgIpc) is 3.39. The van der Waals surface area contributed by atoms with Gasteiger partial charge >= 0.3 is 5.69 Å². The lowest BCUT2D eigenvalue weighted by molar-refractivity contribution is -0.136. The number of carbonyl (C=O) groups excluding carboxylic acids is 1. The number of hydrogen-bond donors (Lipinski definition) is 0. The molecule has 1 atom stereocenters. The molecule has 1 unspecified atom stereocenters. The first kappa shape index (κ1) is 20.2. The second kappa shape index (κ2) is 7.97. The summed E-state index contributed by atoms with van der Waals surface area (Å²) in [4.78, 5) is 28.3. The largest absolute Gasteiger partial charge is 0.334 e. The molecule has 2 fully saturated rings. The van der Waals surface area contributed by atoms with Crippen LogP contribution in [0, 0.1) is 0 Å². The Hall–Kier alpha value is -2.09. The number of benzene rings is 1. The predicted octanol–water partition coefficient (Wildman–Crippen LogP) is 2.17. The zero-order valence-corrected chi connectivity index (χ0v) is 17.7. The number of fused-ring (bicyclic) bond motifs is 1. The molecule has 158 valence electrons. The first-order chi connectivity index (χ1) is 13.9. The van der Waals surface area contributed by atoms with Crippen molar-refractivity contribution in [3.05, 3.63) is 34.7 Å². The van der Waals surface area contributed by atoms with Crippen molar-refractivity contribution >= 4 is 26.8 Å². The molecule has 0 bridgehead atoms. The quantitative estimate of drug-likeness (QED) is 0.719. The summed E-state index contributed by atoms with van der Waals surface area (Å²) in [6.45, 7) is 2.59. The third-order valence-corrected chi connectivity index (χ3v) is 8.02. The van der Waals surface area contributed by atoms with Gasteiger partial charge in [-0.2, -0.15) is 0 Å². The fourth-order valence-electron chi connectivity index (χ4n) is 4.96. The minimum atomic E-state index is -3.09. The number of nitrogens with zero attached hydrogens (tertiary/aromatic N) is 3. The average molecular weight is 420 g/mol. The minimum Gasteiger partial charge on any atom is -0.334 e. The molecular weight excluding hydrogens is 390 g/mol. The molecule has 0 spiro atoms. The van der Waals surface area contributed by atoms with Crippen LogP contribution in [-0.4, -0.2) is 51.9 Å². The molecule has 4 rings (SSSR count). The predicted molar refractivity (Wildman–Crippen MR) is 113 cm³/mol. The lowest BCUT2D eigenvalue weighted by atomic mass is 10.1. The number of hydrogen-bond acceptors (Lipinski definition) is 4. The van der Waals surface area contributed by atoms with Gasteiger partial charge in [0.15, 0.2) is 9.84 Å². The molecule has 1 aromatic heterocycles. The third-order valence-electron chi connectivity index (χ3n) is 6.27. The summed E-state index contributed by atoms with van der Waals surface area (Å²) in [5, 5.41) is 0. The summed E-state index contributed by atoms with van der Waals surface area (Å²) in [7, 11) is -3.09. The Morgan fingerprint density at radius 1 is 1.07 bits per heavy atom. The number of carbonyl (C=O) groups is 1. The van der Waals surface area contributed by atoms with Crippen LogP contribution in [0.2, 0.25) is 0 Å². The fourth-order valence-corrected chi connectivity index (χ4v) is 6.68. The molecule has 2 aromatic rings. The Morgan fingerprint density at radius 3 is 2.31 bits per heavy atom. The second-order valence-electron chi connectivity index (χ2n) is 8.31. The van der Waals surface area contributed by atoms with Crippen molar-refractivity contribution in [3.63, 3.8) is 0 Å². The molecule has 1 amide bonds. The summed E-state index contributed by atoms with van der Waals surface area (Å²) in [6.07, 6.45) is 5.27. The van der Waals surface area contributed by atoms with Crippen molar-refractivity contribution in [1.82, 2.24) is 14.0 Å². The molecule has 2 heterocycles. The van der Waals surface area contributed by atoms with Gasteiger partial charge in [0.2, 0.25) is 5.91 Å². The highest BCUT2D eigenvalue weighted by Crippen LogP contribution is 2.29. The highest BCUT2D eigenvalue weighted by molar-refractivity contribution is 7.91. The second-order valence-corrected chi connectivity index (χ2v) is 10.5. The van der Waals surface area contributed by atoms with Gasteiger partial charge in [0.05, 0.1) is 22.5 Å². The van der Waals surface area contributed by atoms with Crippen LogP contribution in [0.1, 0.15) is 45.4 Å². The van der Waals surface area contributed by atoms with Crippen molar-refractivity contribution < 1.29 is 13.2 Å². The van der Waals surface area contributed by atoms with Gasteiger partial charge in [-0.15, -0.1) is 0 Å². The first-order valence-electron chi connectivity index (χ1n) is 10.6. The number of rotatable bonds is 6. The molecular formula is C21H29N3O4S. The van der Waals surface area contributed by atoms with Gasteiger partial charge in [-0.3, -0.25) is 13.9 Å². The van der Waals surface area contributed by atoms with Gasteiger partial charge in [-0.25, -0.2) is 13.2 Å². The maximum absolute atomic E-state index is 13.4. The number of aryl methyl sites for hydroxylation is 1. The zero-order valence-electron chi connectivity index (χ0n) is 16.9. The van der Waals surface area contributed by atoms with Crippen molar-refractivity contribution in [2.45, 2.75) is 70.6 Å². The van der Waals surface area contributed by atoms with E-state index in [9.17, 15) is 18.0 Å². The Kier molecular flexibility index (Phi) is 5.55. The molecule has 1 saturated carbocycles. The van der Waals surface area contributed by atoms with E-state index in [0.717, 1.165) is 43.1 Å². The maximum Gasteiger partial charge on any atom is 0.329 e. The molecule has 1 aromatic carbocycles. The Morgan fingerprint density at radius 2 is 1.72 bits per heavy atom. The summed E-state index contributed by atoms with van der Waals surface area (Å²) >= 11 is 0. The smallest absolute Gasteiger partial charge is 0.329 e. The number of para-hydroxylation sites is 2. The summed E-state index contributed by atoms with van der Waals surface area (Å²) in [5.74, 6) is 0.0477. The number of aromatic nitrogens is 2. The van der Waals surface area contributed by atoms with E-state index in [2.05, 4.69) is 0 Å². The monoisotopic (exact) mass is 419 g/mol. The Balaban J connectivity index is 1.68. The first-order valence-corrected chi connectivity index (χ1v) is 12.4. The van der Waals surface area contributed by atoms with Gasteiger partial charge in [-0.1, -0.05) is 31.9 Å². The normalized spacial score (nSPS) is 21.8. The maximum atomic E-state index is 13.4. The molecule has 1 saturated heterocycles. The summed E-state index contributed by atoms with van der Waals surface area (Å²) in [5.41, 5.74) is 1.42. The third kappa shape index (κ3) is 3.86. The molecule has 2 aliphatic rings. The SMILES string of the molecule is CCCn1c(=O)n(CC(=O)N(C2CCCC2)C2CCS(=O)(=O)C2)c2ccccc21. The van der Waals surface area contributed by atoms with Crippen molar-refractivity contribution in [3.8, 4) is 0 Å². The van der Waals surface area contributed by atoms with Gasteiger partial charge in [0, 0.05) is 18.6 Å². The van der Waals surface area contributed by atoms with E-state index in [0.29, 0.717) is 13.0 Å². The molecule has 0 N–H and O–H groups in total. The lowest BCUT2D eigenvalue weighted by Crippen LogP contribution is -2.49. The Bertz CT molecular complexity index is 1060. The summed E-state index contributed by atoms with van der Waals surface area (Å²) in [6, 6.07) is 7.36. The van der Waals surface area contributed by atoms with Crippen LogP contribution in [0.15, 0.2) is 29.1 Å². The molecule has 1 aliphatic heterocycles. The van der Waals surface area contributed by atoms with Gasteiger partial charge in [0.25, 0.3) is 0 Å². The lowest BCUT2D eigenvalue weighted by Gasteiger charge is -2.34. The van der Waals surface area contributed by atoms with E-state index in [1.165, 1.54) is 0 Å². The van der Waals surface area contributed by atoms with Gasteiger partial charge < -0.3 is 4.90 Å². The van der Waals surface area contributed by atoms with Crippen LogP contribution in [0.5, 0.6) is 0 Å². The molecule has 1 aliphatic carbocycles. The van der Waals surface area contributed by atoms with Gasteiger partial charge in [-0.05, 0) is 37.8 Å². The van der Waals surface area contributed by atoms with Crippen LogP contribution in [0.25, 0.3) is 11.0 Å². The molecule has 29 heavy (non-hydrogen) atoms. The zero-order chi connectivity index (χ0) is 20.6. The van der Waals surface area contributed by atoms with Crippen molar-refractivity contribution in [2.24, 2.45) is 0 Å². The molecule has 0 radical (unpaired) electrons. The highest BCUT2D eigenvalue weighted by atomic mass is 32.2. The topological polar surface area (TPSA) is 81.4 Å². The van der Waals surface area contributed by atoms with Crippen LogP contribution in [0.3, 0.4) is 0 Å². The fraction of sp³-hybridized carbons (Fsp3) is 0.619. The Labute approximate surface area is 171 Å². The van der Waals surface area contributed by atoms with Crippen molar-refractivity contribution in [2.75, 3.05) is 11.5 Å². The van der Waals surface area contributed by atoms with Crippen LogP contribution < -0.4 is 5.69 Å².